The predicted molar refractivity (Wildman–Crippen MR) is 91.5 cm³/mol. The molecule has 1 amide bonds. The van der Waals surface area contributed by atoms with Crippen LogP contribution in [-0.2, 0) is 0 Å². The standard InChI is InChI=1S/C16H16ClNOS2/c17-15-7-6-14(21-15)16(19)18-9-8-13(20-11-10-18)12-4-2-1-3-5-12/h1-7,13H,8-11H2. The largest absolute Gasteiger partial charge is 0.337 e. The Balaban J connectivity index is 1.67. The first kappa shape index (κ1) is 14.9. The third kappa shape index (κ3) is 3.62. The van der Waals surface area contributed by atoms with Crippen LogP contribution in [0.25, 0.3) is 0 Å². The van der Waals surface area contributed by atoms with Crippen LogP contribution in [0.5, 0.6) is 0 Å². The lowest BCUT2D eigenvalue weighted by atomic mass is 10.1. The van der Waals surface area contributed by atoms with Gasteiger partial charge in [0.15, 0.2) is 0 Å². The van der Waals surface area contributed by atoms with E-state index in [4.69, 9.17) is 11.6 Å². The van der Waals surface area contributed by atoms with E-state index in [9.17, 15) is 4.79 Å². The summed E-state index contributed by atoms with van der Waals surface area (Å²) in [5, 5.41) is 0.482. The van der Waals surface area contributed by atoms with Crippen LogP contribution in [0.3, 0.4) is 0 Å². The Bertz CT molecular complexity index is 614. The fraction of sp³-hybridized carbons (Fsp3) is 0.312. The van der Waals surface area contributed by atoms with Crippen molar-refractivity contribution in [2.24, 2.45) is 0 Å². The summed E-state index contributed by atoms with van der Waals surface area (Å²) < 4.78 is 0.671. The summed E-state index contributed by atoms with van der Waals surface area (Å²) in [6.45, 7) is 1.61. The highest BCUT2D eigenvalue weighted by atomic mass is 35.5. The van der Waals surface area contributed by atoms with Crippen LogP contribution in [-0.4, -0.2) is 29.6 Å². The van der Waals surface area contributed by atoms with Crippen molar-refractivity contribution in [1.29, 1.82) is 0 Å². The Morgan fingerprint density at radius 2 is 1.95 bits per heavy atom. The topological polar surface area (TPSA) is 20.3 Å². The molecular weight excluding hydrogens is 322 g/mol. The molecule has 0 N–H and O–H groups in total. The molecule has 0 bridgehead atoms. The van der Waals surface area contributed by atoms with Crippen LogP contribution < -0.4 is 0 Å². The highest BCUT2D eigenvalue weighted by molar-refractivity contribution is 7.99. The highest BCUT2D eigenvalue weighted by Gasteiger charge is 2.23. The molecule has 3 rings (SSSR count). The molecule has 1 aliphatic heterocycles. The average molecular weight is 338 g/mol. The Labute approximate surface area is 138 Å². The van der Waals surface area contributed by atoms with Crippen molar-refractivity contribution in [1.82, 2.24) is 4.90 Å². The van der Waals surface area contributed by atoms with Crippen LogP contribution in [0.1, 0.15) is 26.9 Å². The van der Waals surface area contributed by atoms with Gasteiger partial charge in [-0.25, -0.2) is 0 Å². The first-order valence-corrected chi connectivity index (χ1v) is 9.19. The van der Waals surface area contributed by atoms with Crippen molar-refractivity contribution in [3.63, 3.8) is 0 Å². The summed E-state index contributed by atoms with van der Waals surface area (Å²) in [5.74, 6) is 1.09. The second-order valence-corrected chi connectivity index (χ2v) is 7.98. The van der Waals surface area contributed by atoms with Gasteiger partial charge in [0.05, 0.1) is 9.21 Å². The van der Waals surface area contributed by atoms with E-state index in [0.717, 1.165) is 30.1 Å². The monoisotopic (exact) mass is 337 g/mol. The maximum atomic E-state index is 12.5. The number of nitrogens with zero attached hydrogens (tertiary/aromatic N) is 1. The van der Waals surface area contributed by atoms with E-state index < -0.39 is 0 Å². The molecule has 5 heteroatoms. The van der Waals surface area contributed by atoms with Gasteiger partial charge in [0, 0.05) is 24.1 Å². The van der Waals surface area contributed by atoms with Crippen molar-refractivity contribution in [3.05, 3.63) is 57.2 Å². The third-order valence-corrected chi connectivity index (χ3v) is 6.13. The van der Waals surface area contributed by atoms with E-state index in [1.54, 1.807) is 6.07 Å². The minimum absolute atomic E-state index is 0.112. The minimum atomic E-state index is 0.112. The zero-order valence-corrected chi connectivity index (χ0v) is 13.9. The van der Waals surface area contributed by atoms with Crippen molar-refractivity contribution < 1.29 is 4.79 Å². The first-order valence-electron chi connectivity index (χ1n) is 6.95. The second kappa shape index (κ2) is 6.86. The second-order valence-electron chi connectivity index (χ2n) is 4.95. The summed E-state index contributed by atoms with van der Waals surface area (Å²) >= 11 is 9.23. The van der Waals surface area contributed by atoms with Crippen molar-refractivity contribution in [3.8, 4) is 0 Å². The summed E-state index contributed by atoms with van der Waals surface area (Å²) in [7, 11) is 0. The summed E-state index contributed by atoms with van der Waals surface area (Å²) in [5.41, 5.74) is 1.36. The molecule has 0 saturated carbocycles. The van der Waals surface area contributed by atoms with E-state index in [1.165, 1.54) is 16.9 Å². The van der Waals surface area contributed by atoms with Gasteiger partial charge < -0.3 is 4.90 Å². The predicted octanol–water partition coefficient (Wildman–Crippen LogP) is 4.72. The van der Waals surface area contributed by atoms with Gasteiger partial charge in [-0.2, -0.15) is 11.8 Å². The smallest absolute Gasteiger partial charge is 0.264 e. The van der Waals surface area contributed by atoms with Gasteiger partial charge in [0.25, 0.3) is 5.91 Å². The van der Waals surface area contributed by atoms with Crippen molar-refractivity contribution >= 4 is 40.6 Å². The van der Waals surface area contributed by atoms with E-state index >= 15 is 0 Å². The number of hydrogen-bond acceptors (Lipinski definition) is 3. The number of benzene rings is 1. The molecule has 110 valence electrons. The summed E-state index contributed by atoms with van der Waals surface area (Å²) in [4.78, 5) is 15.2. The third-order valence-electron chi connectivity index (χ3n) is 3.58. The number of rotatable bonds is 2. The molecule has 1 aliphatic rings. The van der Waals surface area contributed by atoms with Gasteiger partial charge in [0.2, 0.25) is 0 Å². The Hall–Kier alpha value is -0.970. The van der Waals surface area contributed by atoms with E-state index in [-0.39, 0.29) is 5.91 Å². The molecule has 1 aromatic heterocycles. The summed E-state index contributed by atoms with van der Waals surface area (Å²) in [6, 6.07) is 14.2. The number of thiophene rings is 1. The van der Waals surface area contributed by atoms with Gasteiger partial charge in [-0.05, 0) is 24.1 Å². The lowest BCUT2D eigenvalue weighted by Gasteiger charge is -2.19. The fourth-order valence-electron chi connectivity index (χ4n) is 2.49. The van der Waals surface area contributed by atoms with Crippen LogP contribution in [0, 0.1) is 0 Å². The SMILES string of the molecule is O=C(c1ccc(Cl)s1)N1CCSC(c2ccccc2)CC1. The maximum absolute atomic E-state index is 12.5. The van der Waals surface area contributed by atoms with Crippen LogP contribution >= 0.6 is 34.7 Å². The van der Waals surface area contributed by atoms with Gasteiger partial charge >= 0.3 is 0 Å². The zero-order valence-electron chi connectivity index (χ0n) is 11.5. The molecule has 21 heavy (non-hydrogen) atoms. The Morgan fingerprint density at radius 1 is 1.14 bits per heavy atom. The number of hydrogen-bond donors (Lipinski definition) is 0. The molecule has 2 heterocycles. The molecule has 1 unspecified atom stereocenters. The quantitative estimate of drug-likeness (QED) is 0.790. The van der Waals surface area contributed by atoms with Crippen LogP contribution in [0.15, 0.2) is 42.5 Å². The van der Waals surface area contributed by atoms with E-state index in [0.29, 0.717) is 9.59 Å². The molecule has 0 radical (unpaired) electrons. The number of carbonyl (C=O) groups is 1. The number of halogens is 1. The normalized spacial score (nSPS) is 19.3. The Kier molecular flexibility index (Phi) is 4.88. The highest BCUT2D eigenvalue weighted by Crippen LogP contribution is 2.34. The van der Waals surface area contributed by atoms with Gasteiger partial charge in [-0.3, -0.25) is 4.79 Å². The summed E-state index contributed by atoms with van der Waals surface area (Å²) in [6.07, 6.45) is 1.000. The molecular formula is C16H16ClNOS2. The van der Waals surface area contributed by atoms with E-state index in [1.807, 2.05) is 28.8 Å². The molecule has 0 aliphatic carbocycles. The van der Waals surface area contributed by atoms with Gasteiger partial charge in [0.1, 0.15) is 0 Å². The lowest BCUT2D eigenvalue weighted by molar-refractivity contribution is 0.0771. The average Bonchev–Trinajstić information content (AvgIpc) is 2.81. The molecule has 1 aromatic carbocycles. The fourth-order valence-corrected chi connectivity index (χ4v) is 4.74. The number of thioether (sulfide) groups is 1. The molecule has 2 aromatic rings. The van der Waals surface area contributed by atoms with E-state index in [2.05, 4.69) is 24.3 Å². The van der Waals surface area contributed by atoms with Crippen molar-refractivity contribution in [2.45, 2.75) is 11.7 Å². The molecule has 1 atom stereocenters. The maximum Gasteiger partial charge on any atom is 0.264 e. The lowest BCUT2D eigenvalue weighted by Crippen LogP contribution is -2.32. The molecule has 1 saturated heterocycles. The molecule has 1 fully saturated rings. The molecule has 2 nitrogen and oxygen atoms in total. The van der Waals surface area contributed by atoms with Gasteiger partial charge in [-0.1, -0.05) is 41.9 Å². The Morgan fingerprint density at radius 3 is 2.67 bits per heavy atom. The number of amides is 1. The minimum Gasteiger partial charge on any atom is -0.337 e. The first-order chi connectivity index (χ1) is 10.2. The van der Waals surface area contributed by atoms with Crippen LogP contribution in [0.2, 0.25) is 4.34 Å². The van der Waals surface area contributed by atoms with Crippen LogP contribution in [0.4, 0.5) is 0 Å². The number of carbonyl (C=O) groups excluding carboxylic acids is 1. The van der Waals surface area contributed by atoms with Crippen molar-refractivity contribution in [2.75, 3.05) is 18.8 Å². The zero-order chi connectivity index (χ0) is 14.7. The van der Waals surface area contributed by atoms with Gasteiger partial charge in [-0.15, -0.1) is 11.3 Å². The molecule has 0 spiro atoms.